The minimum Gasteiger partial charge on any atom is -0.377 e. The molecule has 0 bridgehead atoms. The number of nitrogens with one attached hydrogen (secondary N) is 1. The highest BCUT2D eigenvalue weighted by atomic mass is 32.2. The molecule has 4 rings (SSSR count). The van der Waals surface area contributed by atoms with Crippen molar-refractivity contribution in [2.45, 2.75) is 56.9 Å². The summed E-state index contributed by atoms with van der Waals surface area (Å²) >= 11 is 0. The first-order valence-electron chi connectivity index (χ1n) is 13.2. The monoisotopic (exact) mass is 572 g/mol. The molecule has 0 radical (unpaired) electrons. The van der Waals surface area contributed by atoms with Crippen LogP contribution in [0.4, 0.5) is 15.9 Å². The maximum atomic E-state index is 13.9. The maximum Gasteiger partial charge on any atom is 0.184 e. The van der Waals surface area contributed by atoms with Crippen LogP contribution >= 0.6 is 0 Å². The second-order valence-corrected chi connectivity index (χ2v) is 12.8. The summed E-state index contributed by atoms with van der Waals surface area (Å²) in [5, 5.41) is 3.17. The van der Waals surface area contributed by atoms with Crippen LogP contribution in [-0.2, 0) is 29.8 Å². The van der Waals surface area contributed by atoms with E-state index in [0.717, 1.165) is 17.3 Å². The predicted octanol–water partition coefficient (Wildman–Crippen LogP) is 4.95. The van der Waals surface area contributed by atoms with Crippen molar-refractivity contribution in [3.63, 3.8) is 0 Å². The van der Waals surface area contributed by atoms with Crippen molar-refractivity contribution in [3.8, 4) is 11.4 Å². The number of halogens is 1. The topological polar surface area (TPSA) is 103 Å². The van der Waals surface area contributed by atoms with Gasteiger partial charge in [-0.3, -0.25) is 0 Å². The van der Waals surface area contributed by atoms with Crippen molar-refractivity contribution in [2.24, 2.45) is 0 Å². The van der Waals surface area contributed by atoms with Crippen molar-refractivity contribution < 1.29 is 27.0 Å². The maximum absolute atomic E-state index is 13.9. The summed E-state index contributed by atoms with van der Waals surface area (Å²) in [5.74, 6) is 0.0398. The van der Waals surface area contributed by atoms with E-state index in [1.54, 1.807) is 13.0 Å². The third-order valence-electron chi connectivity index (χ3n) is 6.35. The Bertz CT molecular complexity index is 1410. The molecule has 0 amide bonds. The molecular weight excluding hydrogens is 535 g/mol. The first kappa shape index (κ1) is 29.9. The first-order chi connectivity index (χ1) is 18.9. The van der Waals surface area contributed by atoms with E-state index in [-0.39, 0.29) is 35.8 Å². The van der Waals surface area contributed by atoms with Gasteiger partial charge in [-0.1, -0.05) is 6.07 Å². The van der Waals surface area contributed by atoms with Crippen LogP contribution in [0.5, 0.6) is 0 Å². The van der Waals surface area contributed by atoms with E-state index < -0.39 is 15.7 Å². The number of morpholine rings is 1. The standard InChI is InChI=1S/C29H37FN4O5S/c1-20-6-9-23(30)14-26(20)40(35,36)17-25-15-27(34-12-13-37-16-21(34)2)33-28(32-25)22-7-10-24(11-8-22)31-18-38-19-39-29(3,4)5/h6-11,14-15,21,31H,12-13,16-19H2,1-5H3/t21-/m0/s1. The molecule has 11 heteroatoms. The largest absolute Gasteiger partial charge is 0.377 e. The molecule has 9 nitrogen and oxygen atoms in total. The highest BCUT2D eigenvalue weighted by Gasteiger charge is 2.25. The first-order valence-corrected chi connectivity index (χ1v) is 14.8. The normalized spacial score (nSPS) is 16.2. The zero-order chi connectivity index (χ0) is 28.9. The third kappa shape index (κ3) is 7.97. The summed E-state index contributed by atoms with van der Waals surface area (Å²) in [4.78, 5) is 11.5. The molecule has 216 valence electrons. The molecule has 0 aliphatic carbocycles. The highest BCUT2D eigenvalue weighted by Crippen LogP contribution is 2.27. The zero-order valence-corrected chi connectivity index (χ0v) is 24.4. The minimum absolute atomic E-state index is 0.0421. The van der Waals surface area contributed by atoms with Crippen LogP contribution in [0.3, 0.4) is 0 Å². The molecule has 0 saturated carbocycles. The van der Waals surface area contributed by atoms with Crippen LogP contribution in [0.15, 0.2) is 53.4 Å². The Balaban J connectivity index is 1.58. The predicted molar refractivity (Wildman–Crippen MR) is 152 cm³/mol. The van der Waals surface area contributed by atoms with Crippen molar-refractivity contribution in [1.29, 1.82) is 0 Å². The van der Waals surface area contributed by atoms with E-state index in [2.05, 4.69) is 15.2 Å². The molecule has 3 aromatic rings. The van der Waals surface area contributed by atoms with Crippen LogP contribution in [0, 0.1) is 12.7 Å². The van der Waals surface area contributed by atoms with Gasteiger partial charge in [-0.2, -0.15) is 0 Å². The van der Waals surface area contributed by atoms with Crippen LogP contribution in [0.1, 0.15) is 39.0 Å². The Hall–Kier alpha value is -3.12. The van der Waals surface area contributed by atoms with Gasteiger partial charge in [-0.25, -0.2) is 22.8 Å². The van der Waals surface area contributed by atoms with E-state index in [1.807, 2.05) is 52.0 Å². The third-order valence-corrected chi connectivity index (χ3v) is 8.13. The lowest BCUT2D eigenvalue weighted by Crippen LogP contribution is -2.44. The van der Waals surface area contributed by atoms with E-state index in [4.69, 9.17) is 19.2 Å². The lowest BCUT2D eigenvalue weighted by molar-refractivity contribution is -0.116. The smallest absolute Gasteiger partial charge is 0.184 e. The second-order valence-electron chi connectivity index (χ2n) is 10.8. The van der Waals surface area contributed by atoms with Gasteiger partial charge in [0.15, 0.2) is 15.7 Å². The fourth-order valence-electron chi connectivity index (χ4n) is 4.21. The van der Waals surface area contributed by atoms with Gasteiger partial charge in [0.1, 0.15) is 25.2 Å². The van der Waals surface area contributed by atoms with Gasteiger partial charge >= 0.3 is 0 Å². The van der Waals surface area contributed by atoms with Crippen molar-refractivity contribution in [2.75, 3.05) is 43.5 Å². The van der Waals surface area contributed by atoms with Gasteiger partial charge in [0.05, 0.1) is 41.2 Å². The average Bonchev–Trinajstić information content (AvgIpc) is 2.89. The van der Waals surface area contributed by atoms with Gasteiger partial charge in [0.2, 0.25) is 0 Å². The van der Waals surface area contributed by atoms with E-state index in [1.165, 1.54) is 12.1 Å². The quantitative estimate of drug-likeness (QED) is 0.267. The molecule has 1 N–H and O–H groups in total. The van der Waals surface area contributed by atoms with Gasteiger partial charge in [0.25, 0.3) is 0 Å². The number of sulfone groups is 1. The van der Waals surface area contributed by atoms with Gasteiger partial charge in [0, 0.05) is 23.9 Å². The summed E-state index contributed by atoms with van der Waals surface area (Å²) in [6.07, 6.45) is 0. The molecular formula is C29H37FN4O5S. The second kappa shape index (κ2) is 12.6. The van der Waals surface area contributed by atoms with Crippen LogP contribution < -0.4 is 10.2 Å². The number of rotatable bonds is 10. The Morgan fingerprint density at radius 2 is 1.88 bits per heavy atom. The molecule has 1 aromatic heterocycles. The van der Waals surface area contributed by atoms with Crippen LogP contribution in [0.25, 0.3) is 11.4 Å². The number of ether oxygens (including phenoxy) is 3. The molecule has 1 saturated heterocycles. The average molecular weight is 573 g/mol. The van der Waals surface area contributed by atoms with Crippen molar-refractivity contribution in [3.05, 3.63) is 65.6 Å². The van der Waals surface area contributed by atoms with Gasteiger partial charge < -0.3 is 24.4 Å². The Kier molecular flexibility index (Phi) is 9.40. The number of aromatic nitrogens is 2. The fraction of sp³-hybridized carbons (Fsp3) is 0.448. The summed E-state index contributed by atoms with van der Waals surface area (Å²) in [6.45, 7) is 11.7. The zero-order valence-electron chi connectivity index (χ0n) is 23.6. The summed E-state index contributed by atoms with van der Waals surface area (Å²) in [5.41, 5.74) is 2.10. The summed E-state index contributed by atoms with van der Waals surface area (Å²) < 4.78 is 57.2. The SMILES string of the molecule is Cc1ccc(F)cc1S(=O)(=O)Cc1cc(N2CCOC[C@@H]2C)nc(-c2ccc(NCOCOC(C)(C)C)cc2)n1. The Morgan fingerprint density at radius 3 is 2.58 bits per heavy atom. The van der Waals surface area contributed by atoms with Gasteiger partial charge in [-0.15, -0.1) is 0 Å². The lowest BCUT2D eigenvalue weighted by atomic mass is 10.2. The molecule has 1 aliphatic heterocycles. The summed E-state index contributed by atoms with van der Waals surface area (Å²) in [7, 11) is -3.87. The fourth-order valence-corrected chi connectivity index (χ4v) is 5.76. The van der Waals surface area contributed by atoms with E-state index in [9.17, 15) is 12.8 Å². The lowest BCUT2D eigenvalue weighted by Gasteiger charge is -2.34. The van der Waals surface area contributed by atoms with Crippen molar-refractivity contribution >= 4 is 21.3 Å². The number of hydrogen-bond donors (Lipinski definition) is 1. The van der Waals surface area contributed by atoms with Crippen LogP contribution in [-0.4, -0.2) is 63.3 Å². The van der Waals surface area contributed by atoms with E-state index in [0.29, 0.717) is 42.7 Å². The van der Waals surface area contributed by atoms with E-state index >= 15 is 0 Å². The number of hydrogen-bond acceptors (Lipinski definition) is 9. The number of anilines is 2. The number of nitrogens with zero attached hydrogens (tertiary/aromatic N) is 3. The van der Waals surface area contributed by atoms with Crippen LogP contribution in [0.2, 0.25) is 0 Å². The molecule has 0 spiro atoms. The minimum atomic E-state index is -3.87. The number of aryl methyl sites for hydroxylation is 1. The molecule has 1 fully saturated rings. The molecule has 1 atom stereocenters. The Morgan fingerprint density at radius 1 is 1.12 bits per heavy atom. The van der Waals surface area contributed by atoms with Gasteiger partial charge in [-0.05, 0) is 76.6 Å². The molecule has 1 aliphatic rings. The molecule has 0 unspecified atom stereocenters. The molecule has 2 aromatic carbocycles. The molecule has 40 heavy (non-hydrogen) atoms. The Labute approximate surface area is 235 Å². The summed E-state index contributed by atoms with van der Waals surface area (Å²) in [6, 6.07) is 13.0. The van der Waals surface area contributed by atoms with Crippen molar-refractivity contribution in [1.82, 2.24) is 9.97 Å². The number of benzene rings is 2. The highest BCUT2D eigenvalue weighted by molar-refractivity contribution is 7.90. The molecule has 2 heterocycles.